The molecule has 34 heavy (non-hydrogen) atoms. The monoisotopic (exact) mass is 480 g/mol. The van der Waals surface area contributed by atoms with Crippen molar-refractivity contribution in [3.63, 3.8) is 0 Å². The van der Waals surface area contributed by atoms with Crippen molar-refractivity contribution in [3.05, 3.63) is 109 Å². The maximum absolute atomic E-state index is 4.62. The van der Waals surface area contributed by atoms with Gasteiger partial charge >= 0.3 is 0 Å². The van der Waals surface area contributed by atoms with Crippen molar-refractivity contribution < 1.29 is 0 Å². The summed E-state index contributed by atoms with van der Waals surface area (Å²) in [5.41, 5.74) is 3.71. The van der Waals surface area contributed by atoms with Crippen molar-refractivity contribution in [2.24, 2.45) is 0 Å². The lowest BCUT2D eigenvalue weighted by Gasteiger charge is -2.27. The molecule has 2 atom stereocenters. The van der Waals surface area contributed by atoms with Crippen LogP contribution in [-0.2, 0) is 0 Å². The van der Waals surface area contributed by atoms with Gasteiger partial charge < -0.3 is 0 Å². The zero-order valence-corrected chi connectivity index (χ0v) is 19.7. The van der Waals surface area contributed by atoms with E-state index in [1.54, 1.807) is 23.5 Å². The molecule has 0 fully saturated rings. The maximum atomic E-state index is 4.62. The predicted molar refractivity (Wildman–Crippen MR) is 138 cm³/mol. The molecule has 6 rings (SSSR count). The number of aromatic nitrogens is 6. The van der Waals surface area contributed by atoms with E-state index in [-0.39, 0.29) is 10.7 Å². The largest absolute Gasteiger partial charge is 0.228 e. The Bertz CT molecular complexity index is 1410. The third-order valence-corrected chi connectivity index (χ3v) is 8.14. The van der Waals surface area contributed by atoms with Gasteiger partial charge in [0.05, 0.1) is 11.0 Å². The Balaban J connectivity index is 1.54. The fourth-order valence-corrected chi connectivity index (χ4v) is 6.38. The van der Waals surface area contributed by atoms with E-state index in [0.29, 0.717) is 0 Å². The quantitative estimate of drug-likeness (QED) is 0.244. The summed E-state index contributed by atoms with van der Waals surface area (Å²) < 4.78 is 4.04. The molecule has 6 aromatic rings. The molecule has 0 aliphatic rings. The van der Waals surface area contributed by atoms with E-state index in [1.807, 2.05) is 57.9 Å². The first-order valence-corrected chi connectivity index (χ1v) is 12.7. The van der Waals surface area contributed by atoms with Gasteiger partial charge in [0.25, 0.3) is 0 Å². The molecule has 0 N–H and O–H groups in total. The molecule has 6 nitrogen and oxygen atoms in total. The van der Waals surface area contributed by atoms with Gasteiger partial charge in [-0.25, -0.2) is 9.36 Å². The third kappa shape index (κ3) is 4.06. The topological polar surface area (TPSA) is 61.4 Å². The van der Waals surface area contributed by atoms with Crippen LogP contribution in [-0.4, -0.2) is 30.0 Å². The molecule has 4 aromatic carbocycles. The number of para-hydroxylation sites is 2. The number of thioether (sulfide) groups is 2. The van der Waals surface area contributed by atoms with Crippen molar-refractivity contribution in [1.82, 2.24) is 30.0 Å². The highest BCUT2D eigenvalue weighted by Gasteiger charge is 2.31. The molecular weight excluding hydrogens is 460 g/mol. The van der Waals surface area contributed by atoms with Crippen LogP contribution < -0.4 is 0 Å². The third-order valence-electron chi connectivity index (χ3n) is 5.48. The molecule has 0 radical (unpaired) electrons. The number of nitrogens with zero attached hydrogens (tertiary/aromatic N) is 6. The minimum atomic E-state index is -0.148. The number of hydrogen-bond acceptors (Lipinski definition) is 6. The molecule has 2 unspecified atom stereocenters. The smallest absolute Gasteiger partial charge is 0.136 e. The lowest BCUT2D eigenvalue weighted by atomic mass is 10.3. The summed E-state index contributed by atoms with van der Waals surface area (Å²) in [6.45, 7) is 0. The molecule has 0 spiro atoms. The predicted octanol–water partition coefficient (Wildman–Crippen LogP) is 6.46. The van der Waals surface area contributed by atoms with Crippen LogP contribution in [0, 0.1) is 0 Å². The number of fused-ring (bicyclic) bond motifs is 2. The van der Waals surface area contributed by atoms with Crippen LogP contribution in [0.2, 0.25) is 0 Å². The lowest BCUT2D eigenvalue weighted by molar-refractivity contribution is 0.475. The first-order valence-electron chi connectivity index (χ1n) is 10.9. The lowest BCUT2D eigenvalue weighted by Crippen LogP contribution is -2.20. The van der Waals surface area contributed by atoms with Crippen LogP contribution in [0.4, 0.5) is 0 Å². The van der Waals surface area contributed by atoms with E-state index < -0.39 is 0 Å². The SMILES string of the molecule is c1ccc(SC(C(Sc2ccccc2)n2nnc3ccccc32)n2nnc3ccccc32)cc1. The summed E-state index contributed by atoms with van der Waals surface area (Å²) in [5.74, 6) is 0. The van der Waals surface area contributed by atoms with Gasteiger partial charge in [0.15, 0.2) is 0 Å². The molecule has 0 aliphatic heterocycles. The molecule has 0 saturated carbocycles. The number of rotatable bonds is 7. The van der Waals surface area contributed by atoms with Crippen LogP contribution in [0.1, 0.15) is 10.7 Å². The molecule has 0 saturated heterocycles. The normalized spacial score (nSPS) is 13.3. The van der Waals surface area contributed by atoms with Gasteiger partial charge in [-0.1, -0.05) is 94.6 Å². The standard InChI is InChI=1S/C26H20N6S2/c1-3-11-19(12-4-1)33-25(31-23-17-9-7-15-21(23)27-29-31)26(34-20-13-5-2-6-14-20)32-24-18-10-8-16-22(24)28-30-32/h1-18,25-26H. The van der Waals surface area contributed by atoms with Crippen LogP contribution in [0.3, 0.4) is 0 Å². The Morgan fingerprint density at radius 2 is 0.853 bits per heavy atom. The molecule has 2 heterocycles. The van der Waals surface area contributed by atoms with Gasteiger partial charge in [-0.3, -0.25) is 0 Å². The zero-order valence-electron chi connectivity index (χ0n) is 18.0. The molecule has 0 aliphatic carbocycles. The highest BCUT2D eigenvalue weighted by atomic mass is 32.2. The second kappa shape index (κ2) is 9.32. The Kier molecular flexibility index (Phi) is 5.74. The van der Waals surface area contributed by atoms with Crippen LogP contribution >= 0.6 is 23.5 Å². The molecule has 2 aromatic heterocycles. The molecule has 166 valence electrons. The summed E-state index contributed by atoms with van der Waals surface area (Å²) >= 11 is 3.49. The van der Waals surface area contributed by atoms with Gasteiger partial charge in [-0.15, -0.1) is 10.2 Å². The highest BCUT2D eigenvalue weighted by Crippen LogP contribution is 2.48. The van der Waals surface area contributed by atoms with Crippen LogP contribution in [0.5, 0.6) is 0 Å². The number of benzene rings is 4. The second-order valence-corrected chi connectivity index (χ2v) is 10.1. The van der Waals surface area contributed by atoms with Crippen molar-refractivity contribution in [2.45, 2.75) is 20.5 Å². The Hall–Kier alpha value is -3.62. The number of hydrogen-bond donors (Lipinski definition) is 0. The molecular formula is C26H20N6S2. The van der Waals surface area contributed by atoms with Crippen molar-refractivity contribution in [3.8, 4) is 0 Å². The summed E-state index contributed by atoms with van der Waals surface area (Å²) in [5, 5.41) is 17.9. The van der Waals surface area contributed by atoms with E-state index in [4.69, 9.17) is 0 Å². The summed E-state index contributed by atoms with van der Waals surface area (Å²) in [7, 11) is 0. The van der Waals surface area contributed by atoms with Gasteiger partial charge in [-0.2, -0.15) is 0 Å². The first kappa shape index (κ1) is 20.9. The fourth-order valence-electron chi connectivity index (χ4n) is 3.88. The molecule has 8 heteroatoms. The Morgan fingerprint density at radius 1 is 0.471 bits per heavy atom. The van der Waals surface area contributed by atoms with Gasteiger partial charge in [0.1, 0.15) is 21.8 Å². The second-order valence-electron chi connectivity index (χ2n) is 7.69. The van der Waals surface area contributed by atoms with E-state index in [0.717, 1.165) is 31.9 Å². The van der Waals surface area contributed by atoms with Gasteiger partial charge in [0.2, 0.25) is 0 Å². The van der Waals surface area contributed by atoms with E-state index in [9.17, 15) is 0 Å². The van der Waals surface area contributed by atoms with Crippen LogP contribution in [0.15, 0.2) is 119 Å². The molecule has 0 amide bonds. The minimum Gasteiger partial charge on any atom is -0.228 e. The molecule has 0 bridgehead atoms. The minimum absolute atomic E-state index is 0.148. The average molecular weight is 481 g/mol. The first-order chi connectivity index (χ1) is 16.9. The Morgan fingerprint density at radius 3 is 1.29 bits per heavy atom. The van der Waals surface area contributed by atoms with Crippen molar-refractivity contribution >= 4 is 45.6 Å². The van der Waals surface area contributed by atoms with Crippen molar-refractivity contribution in [2.75, 3.05) is 0 Å². The van der Waals surface area contributed by atoms with Crippen molar-refractivity contribution in [1.29, 1.82) is 0 Å². The fraction of sp³-hybridized carbons (Fsp3) is 0.0769. The summed E-state index contributed by atoms with van der Waals surface area (Å²) in [6.07, 6.45) is 0. The Labute approximate surface area is 205 Å². The average Bonchev–Trinajstić information content (AvgIpc) is 3.52. The van der Waals surface area contributed by atoms with Crippen LogP contribution in [0.25, 0.3) is 22.1 Å². The summed E-state index contributed by atoms with van der Waals surface area (Å²) in [4.78, 5) is 2.30. The van der Waals surface area contributed by atoms with E-state index >= 15 is 0 Å². The van der Waals surface area contributed by atoms with E-state index in [1.165, 1.54) is 0 Å². The maximum Gasteiger partial charge on any atom is 0.136 e. The van der Waals surface area contributed by atoms with E-state index in [2.05, 4.69) is 81.3 Å². The van der Waals surface area contributed by atoms with Gasteiger partial charge in [0, 0.05) is 9.79 Å². The highest BCUT2D eigenvalue weighted by molar-refractivity contribution is 8.03. The van der Waals surface area contributed by atoms with Gasteiger partial charge in [-0.05, 0) is 48.5 Å². The summed E-state index contributed by atoms with van der Waals surface area (Å²) in [6, 6.07) is 36.9. The zero-order chi connectivity index (χ0) is 22.7.